The second-order valence-corrected chi connectivity index (χ2v) is 5.42. The second kappa shape index (κ2) is 5.33. The van der Waals surface area contributed by atoms with E-state index < -0.39 is 27.1 Å². The van der Waals surface area contributed by atoms with Crippen LogP contribution < -0.4 is 8.92 Å². The molecule has 0 atom stereocenters. The molecule has 1 aromatic rings. The summed E-state index contributed by atoms with van der Waals surface area (Å²) in [5.74, 6) is -0.786. The van der Waals surface area contributed by atoms with E-state index in [0.717, 1.165) is 12.1 Å². The van der Waals surface area contributed by atoms with Gasteiger partial charge in [0.15, 0.2) is 11.4 Å². The van der Waals surface area contributed by atoms with Crippen molar-refractivity contribution in [2.75, 3.05) is 7.11 Å². The maximum absolute atomic E-state index is 12.2. The van der Waals surface area contributed by atoms with Crippen LogP contribution in [0.1, 0.15) is 0 Å². The summed E-state index contributed by atoms with van der Waals surface area (Å²) < 4.78 is 66.6. The molecule has 0 saturated heterocycles. The molecular weight excluding hydrogens is 359 g/mol. The van der Waals surface area contributed by atoms with Gasteiger partial charge in [0.2, 0.25) is 0 Å². The van der Waals surface area contributed by atoms with Gasteiger partial charge in [-0.15, -0.1) is 4.91 Å². The summed E-state index contributed by atoms with van der Waals surface area (Å²) >= 11 is 2.76. The van der Waals surface area contributed by atoms with Crippen LogP contribution in [0.5, 0.6) is 11.5 Å². The molecule has 0 spiro atoms. The average molecular weight is 364 g/mol. The van der Waals surface area contributed by atoms with Crippen LogP contribution >= 0.6 is 15.9 Å². The zero-order valence-corrected chi connectivity index (χ0v) is 11.5. The van der Waals surface area contributed by atoms with Crippen molar-refractivity contribution in [3.05, 3.63) is 21.5 Å². The number of ether oxygens (including phenoxy) is 1. The van der Waals surface area contributed by atoms with E-state index in [4.69, 9.17) is 4.74 Å². The Hall–Kier alpha value is -1.36. The molecule has 0 saturated carbocycles. The molecule has 19 heavy (non-hydrogen) atoms. The van der Waals surface area contributed by atoms with Gasteiger partial charge in [-0.25, -0.2) is 0 Å². The first kappa shape index (κ1) is 15.7. The van der Waals surface area contributed by atoms with Gasteiger partial charge in [-0.1, -0.05) is 0 Å². The predicted molar refractivity (Wildman–Crippen MR) is 61.8 cm³/mol. The third-order valence-electron chi connectivity index (χ3n) is 1.81. The van der Waals surface area contributed by atoms with Crippen molar-refractivity contribution in [1.82, 2.24) is 0 Å². The number of alkyl halides is 3. The van der Waals surface area contributed by atoms with Crippen molar-refractivity contribution in [1.29, 1.82) is 0 Å². The molecule has 0 unspecified atom stereocenters. The molecule has 11 heteroatoms. The zero-order chi connectivity index (χ0) is 14.8. The quantitative estimate of drug-likeness (QED) is 0.466. The summed E-state index contributed by atoms with van der Waals surface area (Å²) in [6.45, 7) is 0. The van der Waals surface area contributed by atoms with Crippen LogP contribution in [-0.4, -0.2) is 21.0 Å². The smallest absolute Gasteiger partial charge is 0.497 e. The second-order valence-electron chi connectivity index (χ2n) is 3.03. The average Bonchev–Trinajstić information content (AvgIpc) is 2.29. The Bertz CT molecular complexity index is 601. The lowest BCUT2D eigenvalue weighted by Crippen LogP contribution is -2.28. The van der Waals surface area contributed by atoms with Crippen molar-refractivity contribution >= 4 is 31.7 Å². The number of rotatable bonds is 4. The third kappa shape index (κ3) is 3.35. The summed E-state index contributed by atoms with van der Waals surface area (Å²) in [6.07, 6.45) is 0. The van der Waals surface area contributed by atoms with Crippen molar-refractivity contribution in [3.63, 3.8) is 0 Å². The maximum Gasteiger partial charge on any atom is 0.534 e. The monoisotopic (exact) mass is 363 g/mol. The molecule has 0 N–H and O–H groups in total. The molecule has 0 fully saturated rings. The lowest BCUT2D eigenvalue weighted by molar-refractivity contribution is -0.0500. The summed E-state index contributed by atoms with van der Waals surface area (Å²) in [6, 6.07) is 2.05. The molecule has 0 amide bonds. The van der Waals surface area contributed by atoms with Gasteiger partial charge in [0.1, 0.15) is 5.75 Å². The minimum Gasteiger partial charge on any atom is -0.497 e. The molecule has 0 aliphatic carbocycles. The number of hydrogen-bond donors (Lipinski definition) is 0. The topological polar surface area (TPSA) is 82.0 Å². The first-order chi connectivity index (χ1) is 8.62. The van der Waals surface area contributed by atoms with Gasteiger partial charge in [0.05, 0.1) is 11.6 Å². The van der Waals surface area contributed by atoms with Crippen LogP contribution in [0.4, 0.5) is 18.9 Å². The first-order valence-electron chi connectivity index (χ1n) is 4.34. The third-order valence-corrected chi connectivity index (χ3v) is 3.35. The van der Waals surface area contributed by atoms with Crippen LogP contribution in [0.3, 0.4) is 0 Å². The number of nitrogens with zero attached hydrogens (tertiary/aromatic N) is 1. The Kier molecular flexibility index (Phi) is 4.40. The van der Waals surface area contributed by atoms with Crippen LogP contribution in [0, 0.1) is 4.91 Å². The van der Waals surface area contributed by atoms with E-state index in [1.54, 1.807) is 0 Å². The number of nitroso groups, excluding NO2 is 1. The lowest BCUT2D eigenvalue weighted by atomic mass is 10.3. The Morgan fingerprint density at radius 1 is 1.32 bits per heavy atom. The number of hydrogen-bond acceptors (Lipinski definition) is 6. The van der Waals surface area contributed by atoms with E-state index in [1.807, 2.05) is 0 Å². The minimum atomic E-state index is -5.90. The van der Waals surface area contributed by atoms with E-state index in [1.165, 1.54) is 7.11 Å². The Balaban J connectivity index is 3.33. The molecule has 6 nitrogen and oxygen atoms in total. The van der Waals surface area contributed by atoms with Gasteiger partial charge >= 0.3 is 15.6 Å². The Morgan fingerprint density at radius 3 is 2.32 bits per heavy atom. The summed E-state index contributed by atoms with van der Waals surface area (Å²) in [5.41, 5.74) is -6.27. The highest BCUT2D eigenvalue weighted by Gasteiger charge is 2.49. The van der Waals surface area contributed by atoms with Crippen molar-refractivity contribution in [2.24, 2.45) is 5.18 Å². The standard InChI is InChI=1S/C8H5BrF3NO5S/c1-17-4-2-5(9)7(6(3-4)13-14)18-19(15,16)8(10,11)12/h2-3H,1H3. The van der Waals surface area contributed by atoms with E-state index in [9.17, 15) is 26.5 Å². The van der Waals surface area contributed by atoms with Gasteiger partial charge in [-0.3, -0.25) is 0 Å². The highest BCUT2D eigenvalue weighted by Crippen LogP contribution is 2.41. The van der Waals surface area contributed by atoms with Crippen LogP contribution in [0.2, 0.25) is 0 Å². The zero-order valence-electron chi connectivity index (χ0n) is 9.06. The molecule has 1 rings (SSSR count). The van der Waals surface area contributed by atoms with Gasteiger partial charge in [0.25, 0.3) is 0 Å². The Morgan fingerprint density at radius 2 is 1.89 bits per heavy atom. The molecule has 0 heterocycles. The number of halogens is 4. The van der Waals surface area contributed by atoms with Gasteiger partial charge in [-0.2, -0.15) is 21.6 Å². The van der Waals surface area contributed by atoms with E-state index >= 15 is 0 Å². The van der Waals surface area contributed by atoms with Gasteiger partial charge in [-0.05, 0) is 27.2 Å². The minimum absolute atomic E-state index is 0.0817. The lowest BCUT2D eigenvalue weighted by Gasteiger charge is -2.12. The van der Waals surface area contributed by atoms with Gasteiger partial charge in [0, 0.05) is 6.07 Å². The summed E-state index contributed by atoms with van der Waals surface area (Å²) in [7, 11) is -4.66. The van der Waals surface area contributed by atoms with Gasteiger partial charge < -0.3 is 8.92 Å². The maximum atomic E-state index is 12.2. The van der Waals surface area contributed by atoms with Crippen LogP contribution in [0.15, 0.2) is 21.8 Å². The molecule has 1 aromatic carbocycles. The summed E-state index contributed by atoms with van der Waals surface area (Å²) in [5, 5.41) is 2.39. The molecular formula is C8H5BrF3NO5S. The van der Waals surface area contributed by atoms with E-state index in [0.29, 0.717) is 0 Å². The highest BCUT2D eigenvalue weighted by atomic mass is 79.9. The fourth-order valence-electron chi connectivity index (χ4n) is 0.980. The SMILES string of the molecule is COc1cc(Br)c(OS(=O)(=O)C(F)(F)F)c(N=O)c1. The molecule has 0 aliphatic heterocycles. The van der Waals surface area contributed by atoms with Crippen molar-refractivity contribution in [3.8, 4) is 11.5 Å². The molecule has 0 bridgehead atoms. The fraction of sp³-hybridized carbons (Fsp3) is 0.250. The summed E-state index contributed by atoms with van der Waals surface area (Å²) in [4.78, 5) is 10.5. The van der Waals surface area contributed by atoms with E-state index in [-0.39, 0.29) is 10.2 Å². The van der Waals surface area contributed by atoms with Crippen LogP contribution in [0.25, 0.3) is 0 Å². The Labute approximate surface area is 113 Å². The predicted octanol–water partition coefficient (Wildman–Crippen LogP) is 3.08. The first-order valence-corrected chi connectivity index (χ1v) is 6.54. The number of benzene rings is 1. The fourth-order valence-corrected chi connectivity index (χ4v) is 2.09. The largest absolute Gasteiger partial charge is 0.534 e. The van der Waals surface area contributed by atoms with Crippen LogP contribution in [-0.2, 0) is 10.1 Å². The van der Waals surface area contributed by atoms with Crippen molar-refractivity contribution in [2.45, 2.75) is 5.51 Å². The van der Waals surface area contributed by atoms with Crippen molar-refractivity contribution < 1.29 is 30.5 Å². The highest BCUT2D eigenvalue weighted by molar-refractivity contribution is 9.10. The molecule has 0 radical (unpaired) electrons. The van der Waals surface area contributed by atoms with E-state index in [2.05, 4.69) is 25.3 Å². The molecule has 0 aromatic heterocycles. The molecule has 106 valence electrons. The normalized spacial score (nSPS) is 12.1. The molecule has 0 aliphatic rings. The number of methoxy groups -OCH3 is 1.